The van der Waals surface area contributed by atoms with Gasteiger partial charge in [-0.2, -0.15) is 22.9 Å². The van der Waals surface area contributed by atoms with E-state index < -0.39 is 0 Å². The lowest BCUT2D eigenvalue weighted by molar-refractivity contribution is 1.06. The third kappa shape index (κ3) is 8.71. The standard InChI is InChI=1S/C5H12B2Cl2/c1-6(8)4-3-5-7(2)9/h3-5H2,1-2H3. The maximum atomic E-state index is 5.72. The van der Waals surface area contributed by atoms with Gasteiger partial charge in [-0.1, -0.05) is 32.7 Å². The van der Waals surface area contributed by atoms with E-state index in [0.29, 0.717) is 12.3 Å². The molecule has 0 radical (unpaired) electrons. The molecule has 0 aromatic carbocycles. The van der Waals surface area contributed by atoms with E-state index in [4.69, 9.17) is 22.9 Å². The Labute approximate surface area is 68.3 Å². The summed E-state index contributed by atoms with van der Waals surface area (Å²) in [4.78, 5) is 0. The average Bonchev–Trinajstić information content (AvgIpc) is 1.63. The molecule has 0 unspecified atom stereocenters. The van der Waals surface area contributed by atoms with Gasteiger partial charge in [0.25, 0.3) is 0 Å². The fraction of sp³-hybridized carbons (Fsp3) is 1.00. The molecule has 4 heteroatoms. The van der Waals surface area contributed by atoms with E-state index >= 15 is 0 Å². The molecule has 0 amide bonds. The van der Waals surface area contributed by atoms with Crippen molar-refractivity contribution in [2.24, 2.45) is 0 Å². The van der Waals surface area contributed by atoms with E-state index in [0.717, 1.165) is 19.1 Å². The van der Waals surface area contributed by atoms with Crippen molar-refractivity contribution in [3.63, 3.8) is 0 Å². The molecule has 0 atom stereocenters. The van der Waals surface area contributed by atoms with Crippen LogP contribution in [-0.4, -0.2) is 12.3 Å². The monoisotopic (exact) mass is 164 g/mol. The van der Waals surface area contributed by atoms with Crippen molar-refractivity contribution in [2.75, 3.05) is 0 Å². The van der Waals surface area contributed by atoms with Gasteiger partial charge in [0, 0.05) is 0 Å². The highest BCUT2D eigenvalue weighted by molar-refractivity contribution is 7.07. The van der Waals surface area contributed by atoms with Gasteiger partial charge in [0.15, 0.2) is 0 Å². The van der Waals surface area contributed by atoms with Crippen molar-refractivity contribution >= 4 is 35.2 Å². The molecule has 0 aliphatic rings. The van der Waals surface area contributed by atoms with Crippen molar-refractivity contribution in [1.82, 2.24) is 0 Å². The van der Waals surface area contributed by atoms with E-state index in [-0.39, 0.29) is 0 Å². The van der Waals surface area contributed by atoms with Gasteiger partial charge >= 0.3 is 0 Å². The average molecular weight is 165 g/mol. The molecular formula is C5H12B2Cl2. The van der Waals surface area contributed by atoms with Crippen molar-refractivity contribution in [2.45, 2.75) is 32.7 Å². The van der Waals surface area contributed by atoms with Gasteiger partial charge in [0.1, 0.15) is 0 Å². The van der Waals surface area contributed by atoms with Gasteiger partial charge in [-0.25, -0.2) is 0 Å². The maximum Gasteiger partial charge on any atom is 0.247 e. The predicted molar refractivity (Wildman–Crippen MR) is 49.2 cm³/mol. The number of hydrogen-bond donors (Lipinski definition) is 0. The van der Waals surface area contributed by atoms with Gasteiger partial charge in [0.2, 0.25) is 12.3 Å². The van der Waals surface area contributed by atoms with Crippen LogP contribution in [0.25, 0.3) is 0 Å². The Kier molecular flexibility index (Phi) is 5.92. The van der Waals surface area contributed by atoms with Crippen LogP contribution >= 0.6 is 22.9 Å². The zero-order valence-corrected chi connectivity index (χ0v) is 7.54. The van der Waals surface area contributed by atoms with Crippen LogP contribution in [0.2, 0.25) is 26.3 Å². The van der Waals surface area contributed by atoms with Gasteiger partial charge in [0.05, 0.1) is 0 Å². The lowest BCUT2D eigenvalue weighted by Gasteiger charge is -1.98. The van der Waals surface area contributed by atoms with Gasteiger partial charge < -0.3 is 0 Å². The maximum absolute atomic E-state index is 5.72. The molecule has 0 fully saturated rings. The molecule has 0 bridgehead atoms. The highest BCUT2D eigenvalue weighted by Gasteiger charge is 2.04. The molecule has 0 aliphatic heterocycles. The summed E-state index contributed by atoms with van der Waals surface area (Å²) < 4.78 is 0. The summed E-state index contributed by atoms with van der Waals surface area (Å²) >= 11 is 11.4. The Bertz CT molecular complexity index is 58.0. The van der Waals surface area contributed by atoms with Crippen LogP contribution in [0.4, 0.5) is 0 Å². The molecule has 0 saturated heterocycles. The molecule has 0 aromatic heterocycles. The fourth-order valence-corrected chi connectivity index (χ4v) is 0.989. The molecule has 0 heterocycles. The summed E-state index contributed by atoms with van der Waals surface area (Å²) in [7, 11) is 0. The van der Waals surface area contributed by atoms with E-state index in [1.54, 1.807) is 0 Å². The Morgan fingerprint density at radius 2 is 1.33 bits per heavy atom. The first-order chi connectivity index (χ1) is 4.13. The molecule has 0 N–H and O–H groups in total. The molecule has 0 aromatic rings. The van der Waals surface area contributed by atoms with Crippen LogP contribution in [-0.2, 0) is 0 Å². The third-order valence-corrected chi connectivity index (χ3v) is 1.64. The lowest BCUT2D eigenvalue weighted by atomic mass is 9.67. The summed E-state index contributed by atoms with van der Waals surface area (Å²) in [6.45, 7) is 4.03. The van der Waals surface area contributed by atoms with Crippen LogP contribution in [0.5, 0.6) is 0 Å². The normalized spacial score (nSPS) is 9.33. The smallest absolute Gasteiger partial charge is 0.196 e. The lowest BCUT2D eigenvalue weighted by Crippen LogP contribution is -1.99. The quantitative estimate of drug-likeness (QED) is 0.561. The number of halogens is 2. The molecule has 0 nitrogen and oxygen atoms in total. The van der Waals surface area contributed by atoms with E-state index in [9.17, 15) is 0 Å². The molecular weight excluding hydrogens is 153 g/mol. The Balaban J connectivity index is 2.91. The van der Waals surface area contributed by atoms with Crippen LogP contribution in [0, 0.1) is 0 Å². The molecule has 0 aliphatic carbocycles. The van der Waals surface area contributed by atoms with Crippen LogP contribution < -0.4 is 0 Å². The van der Waals surface area contributed by atoms with Gasteiger partial charge in [-0.15, -0.1) is 0 Å². The molecule has 52 valence electrons. The summed E-state index contributed by atoms with van der Waals surface area (Å²) in [6.07, 6.45) is 3.92. The van der Waals surface area contributed by atoms with Crippen LogP contribution in [0.15, 0.2) is 0 Å². The molecule has 0 rings (SSSR count). The summed E-state index contributed by atoms with van der Waals surface area (Å²) in [6, 6.07) is 0. The highest BCUT2D eigenvalue weighted by Crippen LogP contribution is 2.08. The fourth-order valence-electron chi connectivity index (χ4n) is 0.680. The number of rotatable bonds is 4. The Hall–Kier alpha value is 0.710. The second kappa shape index (κ2) is 5.49. The SMILES string of the molecule is CB(Cl)CCCB(C)Cl. The summed E-state index contributed by atoms with van der Waals surface area (Å²) in [5.74, 6) is 0. The third-order valence-electron chi connectivity index (χ3n) is 1.20. The topological polar surface area (TPSA) is 0 Å². The van der Waals surface area contributed by atoms with Crippen molar-refractivity contribution in [3.8, 4) is 0 Å². The number of hydrogen-bond acceptors (Lipinski definition) is 0. The first kappa shape index (κ1) is 9.71. The van der Waals surface area contributed by atoms with E-state index in [2.05, 4.69) is 0 Å². The Morgan fingerprint density at radius 3 is 1.56 bits per heavy atom. The minimum Gasteiger partial charge on any atom is -0.196 e. The Morgan fingerprint density at radius 1 is 1.00 bits per heavy atom. The van der Waals surface area contributed by atoms with E-state index in [1.807, 2.05) is 13.6 Å². The van der Waals surface area contributed by atoms with Gasteiger partial charge in [-0.3, -0.25) is 0 Å². The first-order valence-corrected chi connectivity index (χ1v) is 4.28. The molecule has 0 saturated carbocycles. The second-order valence-corrected chi connectivity index (χ2v) is 3.98. The van der Waals surface area contributed by atoms with Crippen molar-refractivity contribution in [3.05, 3.63) is 0 Å². The minimum absolute atomic E-state index is 0.306. The van der Waals surface area contributed by atoms with Crippen LogP contribution in [0.3, 0.4) is 0 Å². The predicted octanol–water partition coefficient (Wildman–Crippen LogP) is 3.10. The zero-order valence-electron chi connectivity index (χ0n) is 6.03. The summed E-state index contributed by atoms with van der Waals surface area (Å²) in [5.41, 5.74) is 0. The largest absolute Gasteiger partial charge is 0.247 e. The minimum atomic E-state index is 0.306. The van der Waals surface area contributed by atoms with Crippen molar-refractivity contribution < 1.29 is 0 Å². The zero-order chi connectivity index (χ0) is 7.28. The highest BCUT2D eigenvalue weighted by atomic mass is 35.5. The first-order valence-electron chi connectivity index (χ1n) is 3.41. The van der Waals surface area contributed by atoms with Gasteiger partial charge in [-0.05, 0) is 0 Å². The molecule has 0 spiro atoms. The second-order valence-electron chi connectivity index (χ2n) is 2.49. The molecule has 9 heavy (non-hydrogen) atoms. The summed E-state index contributed by atoms with van der Waals surface area (Å²) in [5, 5.41) is 0. The van der Waals surface area contributed by atoms with Crippen LogP contribution in [0.1, 0.15) is 6.42 Å². The van der Waals surface area contributed by atoms with Crippen molar-refractivity contribution in [1.29, 1.82) is 0 Å². The van der Waals surface area contributed by atoms with E-state index in [1.165, 1.54) is 0 Å².